The van der Waals surface area contributed by atoms with Crippen LogP contribution in [0.15, 0.2) is 35.1 Å². The Balaban J connectivity index is 2.69. The van der Waals surface area contributed by atoms with E-state index in [1.165, 1.54) is 17.4 Å². The number of hydrogen-bond acceptors (Lipinski definition) is 4. The summed E-state index contributed by atoms with van der Waals surface area (Å²) < 4.78 is 1.23. The van der Waals surface area contributed by atoms with Gasteiger partial charge in [0.2, 0.25) is 0 Å². The molecular weight excluding hydrogens is 248 g/mol. The van der Waals surface area contributed by atoms with Crippen LogP contribution in [0.25, 0.3) is 20.2 Å². The number of hydrogen-bond donors (Lipinski definition) is 2. The highest BCUT2D eigenvalue weighted by Crippen LogP contribution is 2.37. The third-order valence-electron chi connectivity index (χ3n) is 2.99. The largest absolute Gasteiger partial charge is 0.507 e. The van der Waals surface area contributed by atoms with Gasteiger partial charge >= 0.3 is 0 Å². The van der Waals surface area contributed by atoms with Gasteiger partial charge in [0, 0.05) is 10.1 Å². The molecule has 0 amide bonds. The van der Waals surface area contributed by atoms with Gasteiger partial charge in [0.25, 0.3) is 0 Å². The molecule has 0 bridgehead atoms. The smallest absolute Gasteiger partial charge is 0.199 e. The lowest BCUT2D eigenvalue weighted by molar-refractivity contribution is 0.466. The maximum Gasteiger partial charge on any atom is 0.199 e. The predicted molar refractivity (Wildman–Crippen MR) is 73.7 cm³/mol. The number of phenolic OH excluding ortho intramolecular Hbond substituents is 2. The van der Waals surface area contributed by atoms with E-state index in [9.17, 15) is 15.0 Å². The topological polar surface area (TPSA) is 57.5 Å². The molecule has 0 aliphatic rings. The van der Waals surface area contributed by atoms with E-state index in [1.807, 2.05) is 12.1 Å². The lowest BCUT2D eigenvalue weighted by Gasteiger charge is -2.07. The van der Waals surface area contributed by atoms with Crippen LogP contribution in [0.1, 0.15) is 5.56 Å². The van der Waals surface area contributed by atoms with Crippen molar-refractivity contribution in [1.29, 1.82) is 0 Å². The summed E-state index contributed by atoms with van der Waals surface area (Å²) in [6, 6.07) is 8.66. The number of aryl methyl sites for hydroxylation is 1. The van der Waals surface area contributed by atoms with E-state index < -0.39 is 0 Å². The van der Waals surface area contributed by atoms with E-state index in [0.29, 0.717) is 15.6 Å². The molecule has 3 rings (SSSR count). The van der Waals surface area contributed by atoms with Gasteiger partial charge in [0.15, 0.2) is 5.43 Å². The molecule has 0 saturated carbocycles. The molecule has 90 valence electrons. The first-order valence-electron chi connectivity index (χ1n) is 5.46. The number of aromatic hydroxyl groups is 2. The van der Waals surface area contributed by atoms with Gasteiger partial charge in [-0.3, -0.25) is 4.79 Å². The van der Waals surface area contributed by atoms with Crippen molar-refractivity contribution < 1.29 is 10.2 Å². The average molecular weight is 258 g/mol. The van der Waals surface area contributed by atoms with Gasteiger partial charge in [0.1, 0.15) is 11.5 Å². The molecule has 0 radical (unpaired) electrons. The fourth-order valence-corrected chi connectivity index (χ4v) is 3.17. The Morgan fingerprint density at radius 1 is 1.17 bits per heavy atom. The molecule has 3 nitrogen and oxygen atoms in total. The first-order valence-corrected chi connectivity index (χ1v) is 6.28. The second-order valence-corrected chi connectivity index (χ2v) is 5.24. The number of benzene rings is 2. The van der Waals surface area contributed by atoms with Gasteiger partial charge in [-0.1, -0.05) is 12.1 Å². The summed E-state index contributed by atoms with van der Waals surface area (Å²) >= 11 is 1.30. The van der Waals surface area contributed by atoms with Crippen molar-refractivity contribution in [3.63, 3.8) is 0 Å². The summed E-state index contributed by atoms with van der Waals surface area (Å²) in [5.74, 6) is -0.0112. The van der Waals surface area contributed by atoms with Gasteiger partial charge in [0.05, 0.1) is 10.1 Å². The fraction of sp³-hybridized carbons (Fsp3) is 0.0714. The molecule has 2 aromatic carbocycles. The summed E-state index contributed by atoms with van der Waals surface area (Å²) in [7, 11) is 0. The lowest BCUT2D eigenvalue weighted by Crippen LogP contribution is -2.01. The average Bonchev–Trinajstić information content (AvgIpc) is 2.36. The Labute approximate surface area is 107 Å². The second-order valence-electron chi connectivity index (χ2n) is 4.19. The fourth-order valence-electron chi connectivity index (χ4n) is 2.07. The van der Waals surface area contributed by atoms with Crippen molar-refractivity contribution >= 4 is 31.5 Å². The highest BCUT2D eigenvalue weighted by atomic mass is 32.1. The Morgan fingerprint density at radius 2 is 1.89 bits per heavy atom. The highest BCUT2D eigenvalue weighted by molar-refractivity contribution is 7.25. The van der Waals surface area contributed by atoms with E-state index in [4.69, 9.17) is 0 Å². The molecule has 18 heavy (non-hydrogen) atoms. The summed E-state index contributed by atoms with van der Waals surface area (Å²) in [6.07, 6.45) is 0. The van der Waals surface area contributed by atoms with Crippen molar-refractivity contribution in [3.05, 3.63) is 46.1 Å². The first-order chi connectivity index (χ1) is 8.59. The van der Waals surface area contributed by atoms with E-state index in [1.54, 1.807) is 19.1 Å². The summed E-state index contributed by atoms with van der Waals surface area (Å²) in [5.41, 5.74) is 0.260. The van der Waals surface area contributed by atoms with Crippen LogP contribution >= 0.6 is 11.3 Å². The maximum atomic E-state index is 12.3. The molecule has 4 heteroatoms. The number of fused-ring (bicyclic) bond motifs is 2. The molecule has 0 unspecified atom stereocenters. The zero-order valence-corrected chi connectivity index (χ0v) is 10.4. The Kier molecular flexibility index (Phi) is 2.28. The zero-order chi connectivity index (χ0) is 12.9. The molecule has 0 saturated heterocycles. The van der Waals surface area contributed by atoms with Crippen LogP contribution in [-0.2, 0) is 0 Å². The molecule has 0 atom stereocenters. The molecule has 2 N–H and O–H groups in total. The van der Waals surface area contributed by atoms with Crippen LogP contribution in [0.5, 0.6) is 11.5 Å². The third-order valence-corrected chi connectivity index (χ3v) is 4.19. The number of rotatable bonds is 0. The van der Waals surface area contributed by atoms with Crippen LogP contribution in [0.3, 0.4) is 0 Å². The van der Waals surface area contributed by atoms with E-state index in [0.717, 1.165) is 4.70 Å². The number of phenols is 2. The molecule has 3 aromatic rings. The zero-order valence-electron chi connectivity index (χ0n) is 9.60. The SMILES string of the molecule is Cc1cc(O)c2sc3ccccc3c(=O)c2c1O. The van der Waals surface area contributed by atoms with Gasteiger partial charge in [-0.05, 0) is 30.7 Å². The van der Waals surface area contributed by atoms with Crippen LogP contribution in [0.2, 0.25) is 0 Å². The van der Waals surface area contributed by atoms with Gasteiger partial charge in [-0.15, -0.1) is 11.3 Å². The van der Waals surface area contributed by atoms with Crippen LogP contribution in [0.4, 0.5) is 0 Å². The summed E-state index contributed by atoms with van der Waals surface area (Å²) in [6.45, 7) is 1.66. The Morgan fingerprint density at radius 3 is 2.67 bits per heavy atom. The molecular formula is C14H10O3S. The molecule has 0 aliphatic carbocycles. The second kappa shape index (κ2) is 3.71. The standard InChI is InChI=1S/C14H10O3S/c1-7-6-9(15)14-11(12(7)16)13(17)8-4-2-3-5-10(8)18-14/h2-6,15-16H,1H3. The minimum Gasteiger partial charge on any atom is -0.507 e. The monoisotopic (exact) mass is 258 g/mol. The highest BCUT2D eigenvalue weighted by Gasteiger charge is 2.14. The Bertz CT molecular complexity index is 834. The summed E-state index contributed by atoms with van der Waals surface area (Å²) in [4.78, 5) is 12.3. The predicted octanol–water partition coefficient (Wildman–Crippen LogP) is 3.13. The van der Waals surface area contributed by atoms with Gasteiger partial charge < -0.3 is 10.2 Å². The van der Waals surface area contributed by atoms with Crippen LogP contribution in [-0.4, -0.2) is 10.2 Å². The quantitative estimate of drug-likeness (QED) is 0.481. The third kappa shape index (κ3) is 1.39. The van der Waals surface area contributed by atoms with Crippen molar-refractivity contribution in [2.75, 3.05) is 0 Å². The molecule has 0 fully saturated rings. The van der Waals surface area contributed by atoms with Crippen LogP contribution < -0.4 is 5.43 Å². The van der Waals surface area contributed by atoms with E-state index in [2.05, 4.69) is 0 Å². The van der Waals surface area contributed by atoms with E-state index >= 15 is 0 Å². The minimum atomic E-state index is -0.240. The van der Waals surface area contributed by atoms with Gasteiger partial charge in [-0.25, -0.2) is 0 Å². The minimum absolute atomic E-state index is 0.0353. The molecule has 0 spiro atoms. The summed E-state index contributed by atoms with van der Waals surface area (Å²) in [5, 5.41) is 20.7. The van der Waals surface area contributed by atoms with Crippen molar-refractivity contribution in [2.24, 2.45) is 0 Å². The Hall–Kier alpha value is -2.07. The maximum absolute atomic E-state index is 12.3. The van der Waals surface area contributed by atoms with Crippen LogP contribution in [0, 0.1) is 6.92 Å². The van der Waals surface area contributed by atoms with Crippen molar-refractivity contribution in [2.45, 2.75) is 6.92 Å². The van der Waals surface area contributed by atoms with Crippen molar-refractivity contribution in [1.82, 2.24) is 0 Å². The molecule has 0 aliphatic heterocycles. The van der Waals surface area contributed by atoms with Crippen molar-refractivity contribution in [3.8, 4) is 11.5 Å². The first kappa shape index (κ1) is 11.0. The van der Waals surface area contributed by atoms with E-state index in [-0.39, 0.29) is 22.3 Å². The normalized spacial score (nSPS) is 11.2. The van der Waals surface area contributed by atoms with Gasteiger partial charge in [-0.2, -0.15) is 0 Å². The molecule has 1 heterocycles. The molecule has 1 aromatic heterocycles. The lowest BCUT2D eigenvalue weighted by atomic mass is 10.1.